The fourth-order valence-corrected chi connectivity index (χ4v) is 3.42. The molecule has 1 aliphatic rings. The summed E-state index contributed by atoms with van der Waals surface area (Å²) in [5.41, 5.74) is 3.44. The molecule has 2 aromatic carbocycles. The maximum Gasteiger partial charge on any atom is 0.244 e. The second-order valence-electron chi connectivity index (χ2n) is 6.81. The number of anilines is 1. The first-order valence-corrected chi connectivity index (χ1v) is 9.74. The van der Waals surface area contributed by atoms with Crippen LogP contribution in [0.2, 0.25) is 5.02 Å². The molecule has 1 amide bonds. The van der Waals surface area contributed by atoms with E-state index in [0.717, 1.165) is 38.3 Å². The summed E-state index contributed by atoms with van der Waals surface area (Å²) in [5, 5.41) is 3.59. The number of piperazine rings is 1. The number of hydrogen-bond donors (Lipinski definition) is 1. The number of hydrogen-bond acceptors (Lipinski definition) is 3. The molecule has 1 heterocycles. The van der Waals surface area contributed by atoms with Crippen LogP contribution >= 0.6 is 11.6 Å². The van der Waals surface area contributed by atoms with Crippen molar-refractivity contribution in [1.82, 2.24) is 10.2 Å². The minimum Gasteiger partial charge on any atom is -0.369 e. The van der Waals surface area contributed by atoms with Gasteiger partial charge in [-0.25, -0.2) is 0 Å². The topological polar surface area (TPSA) is 35.6 Å². The molecule has 0 spiro atoms. The number of aryl methyl sites for hydroxylation is 1. The number of carbonyl (C=O) groups is 1. The number of nitrogens with one attached hydrogen (secondary N) is 1. The van der Waals surface area contributed by atoms with Gasteiger partial charge in [-0.1, -0.05) is 41.9 Å². The lowest BCUT2D eigenvalue weighted by Gasteiger charge is -2.36. The third kappa shape index (κ3) is 5.84. The van der Waals surface area contributed by atoms with Crippen LogP contribution in [-0.2, 0) is 4.79 Å². The molecule has 0 radical (unpaired) electrons. The van der Waals surface area contributed by atoms with Crippen molar-refractivity contribution < 1.29 is 4.79 Å². The molecule has 142 valence electrons. The average molecular weight is 384 g/mol. The van der Waals surface area contributed by atoms with E-state index < -0.39 is 0 Å². The molecule has 1 aliphatic heterocycles. The van der Waals surface area contributed by atoms with Crippen molar-refractivity contribution in [1.29, 1.82) is 0 Å². The van der Waals surface area contributed by atoms with Crippen molar-refractivity contribution >= 4 is 29.3 Å². The van der Waals surface area contributed by atoms with E-state index in [9.17, 15) is 4.79 Å². The van der Waals surface area contributed by atoms with Gasteiger partial charge in [-0.15, -0.1) is 0 Å². The van der Waals surface area contributed by atoms with Gasteiger partial charge in [-0.05, 0) is 42.3 Å². The Bertz CT molecular complexity index is 798. The van der Waals surface area contributed by atoms with Gasteiger partial charge in [-0.3, -0.25) is 9.69 Å². The number of halogens is 1. The van der Waals surface area contributed by atoms with Gasteiger partial charge in [0.2, 0.25) is 5.91 Å². The minimum atomic E-state index is -0.0895. The summed E-state index contributed by atoms with van der Waals surface area (Å²) < 4.78 is 0. The second-order valence-corrected chi connectivity index (χ2v) is 7.22. The number of rotatable bonds is 6. The molecule has 5 heteroatoms. The smallest absolute Gasteiger partial charge is 0.244 e. The lowest BCUT2D eigenvalue weighted by Crippen LogP contribution is -2.48. The molecule has 1 saturated heterocycles. The van der Waals surface area contributed by atoms with Crippen LogP contribution < -0.4 is 10.2 Å². The zero-order valence-corrected chi connectivity index (χ0v) is 16.5. The van der Waals surface area contributed by atoms with Crippen molar-refractivity contribution in [3.8, 4) is 0 Å². The normalized spacial score (nSPS) is 15.3. The van der Waals surface area contributed by atoms with Gasteiger partial charge in [0, 0.05) is 56.1 Å². The number of nitrogens with zero attached hydrogens (tertiary/aromatic N) is 2. The van der Waals surface area contributed by atoms with Crippen molar-refractivity contribution in [2.45, 2.75) is 6.92 Å². The third-order valence-corrected chi connectivity index (χ3v) is 5.13. The van der Waals surface area contributed by atoms with Gasteiger partial charge < -0.3 is 10.2 Å². The number of benzene rings is 2. The Labute approximate surface area is 166 Å². The summed E-state index contributed by atoms with van der Waals surface area (Å²) in [6.45, 7) is 7.71. The van der Waals surface area contributed by atoms with E-state index in [0.29, 0.717) is 11.6 Å². The van der Waals surface area contributed by atoms with E-state index >= 15 is 0 Å². The van der Waals surface area contributed by atoms with Crippen LogP contribution in [0, 0.1) is 6.92 Å². The zero-order valence-electron chi connectivity index (χ0n) is 15.7. The molecule has 27 heavy (non-hydrogen) atoms. The van der Waals surface area contributed by atoms with E-state index in [2.05, 4.69) is 46.3 Å². The van der Waals surface area contributed by atoms with Crippen LogP contribution in [0.25, 0.3) is 6.08 Å². The van der Waals surface area contributed by atoms with Crippen molar-refractivity contribution in [2.75, 3.05) is 44.2 Å². The molecular weight excluding hydrogens is 358 g/mol. The Morgan fingerprint density at radius 2 is 1.89 bits per heavy atom. The second kappa shape index (κ2) is 9.58. The fraction of sp³-hybridized carbons (Fsp3) is 0.318. The Morgan fingerprint density at radius 3 is 2.63 bits per heavy atom. The number of amides is 1. The first-order chi connectivity index (χ1) is 13.1. The van der Waals surface area contributed by atoms with E-state index in [1.807, 2.05) is 24.3 Å². The van der Waals surface area contributed by atoms with Gasteiger partial charge >= 0.3 is 0 Å². The van der Waals surface area contributed by atoms with E-state index in [4.69, 9.17) is 11.6 Å². The summed E-state index contributed by atoms with van der Waals surface area (Å²) in [5.74, 6) is -0.0895. The molecule has 3 rings (SSSR count). The molecule has 1 fully saturated rings. The molecule has 0 saturated carbocycles. The molecule has 0 aliphatic carbocycles. The molecule has 1 N–H and O–H groups in total. The molecular formula is C22H26ClN3O. The van der Waals surface area contributed by atoms with Gasteiger partial charge in [0.1, 0.15) is 0 Å². The van der Waals surface area contributed by atoms with E-state index in [-0.39, 0.29) is 5.91 Å². The number of carbonyl (C=O) groups excluding carboxylic acids is 1. The van der Waals surface area contributed by atoms with E-state index in [1.165, 1.54) is 17.3 Å². The van der Waals surface area contributed by atoms with Crippen LogP contribution in [0.5, 0.6) is 0 Å². The maximum atomic E-state index is 12.0. The van der Waals surface area contributed by atoms with Gasteiger partial charge in [0.15, 0.2) is 0 Å². The minimum absolute atomic E-state index is 0.0895. The molecule has 0 unspecified atom stereocenters. The van der Waals surface area contributed by atoms with Crippen LogP contribution in [0.3, 0.4) is 0 Å². The predicted molar refractivity (Wildman–Crippen MR) is 113 cm³/mol. The molecule has 4 nitrogen and oxygen atoms in total. The highest BCUT2D eigenvalue weighted by molar-refractivity contribution is 6.32. The van der Waals surface area contributed by atoms with Gasteiger partial charge in [0.25, 0.3) is 0 Å². The monoisotopic (exact) mass is 383 g/mol. The zero-order chi connectivity index (χ0) is 19.1. The molecule has 0 bridgehead atoms. The Balaban J connectivity index is 1.38. The lowest BCUT2D eigenvalue weighted by molar-refractivity contribution is -0.116. The largest absolute Gasteiger partial charge is 0.369 e. The predicted octanol–water partition coefficient (Wildman–Crippen LogP) is 3.60. The average Bonchev–Trinajstić information content (AvgIpc) is 2.68. The SMILES string of the molecule is Cc1cccc(N2CCN(CCNC(=O)/C=C/c3ccccc3Cl)CC2)c1. The maximum absolute atomic E-state index is 12.0. The highest BCUT2D eigenvalue weighted by atomic mass is 35.5. The van der Waals surface area contributed by atoms with Crippen LogP contribution in [0.1, 0.15) is 11.1 Å². The van der Waals surface area contributed by atoms with Crippen LogP contribution in [0.4, 0.5) is 5.69 Å². The highest BCUT2D eigenvalue weighted by Gasteiger charge is 2.16. The molecule has 0 atom stereocenters. The van der Waals surface area contributed by atoms with Crippen molar-refractivity contribution in [3.05, 3.63) is 70.8 Å². The summed E-state index contributed by atoms with van der Waals surface area (Å²) in [6.07, 6.45) is 3.29. The molecule has 2 aromatic rings. The third-order valence-electron chi connectivity index (χ3n) is 4.79. The molecule has 0 aromatic heterocycles. The first-order valence-electron chi connectivity index (χ1n) is 9.36. The first kappa shape index (κ1) is 19.5. The summed E-state index contributed by atoms with van der Waals surface area (Å²) >= 11 is 6.08. The van der Waals surface area contributed by atoms with Crippen LogP contribution in [0.15, 0.2) is 54.6 Å². The Hall–Kier alpha value is -2.30. The Kier molecular flexibility index (Phi) is 6.91. The summed E-state index contributed by atoms with van der Waals surface area (Å²) in [6, 6.07) is 16.1. The van der Waals surface area contributed by atoms with Crippen molar-refractivity contribution in [2.24, 2.45) is 0 Å². The fourth-order valence-electron chi connectivity index (χ4n) is 3.23. The van der Waals surface area contributed by atoms with E-state index in [1.54, 1.807) is 6.08 Å². The van der Waals surface area contributed by atoms with Gasteiger partial charge in [-0.2, -0.15) is 0 Å². The highest BCUT2D eigenvalue weighted by Crippen LogP contribution is 2.18. The Morgan fingerprint density at radius 1 is 1.11 bits per heavy atom. The summed E-state index contributed by atoms with van der Waals surface area (Å²) in [4.78, 5) is 16.8. The van der Waals surface area contributed by atoms with Gasteiger partial charge in [0.05, 0.1) is 0 Å². The quantitative estimate of drug-likeness (QED) is 0.774. The van der Waals surface area contributed by atoms with Crippen molar-refractivity contribution in [3.63, 3.8) is 0 Å². The standard InChI is InChI=1S/C22H26ClN3O/c1-18-5-4-7-20(17-18)26-15-13-25(14-16-26)12-11-24-22(27)10-9-19-6-2-3-8-21(19)23/h2-10,17H,11-16H2,1H3,(H,24,27)/b10-9+. The summed E-state index contributed by atoms with van der Waals surface area (Å²) in [7, 11) is 0. The lowest BCUT2D eigenvalue weighted by atomic mass is 10.2. The van der Waals surface area contributed by atoms with Crippen LogP contribution in [-0.4, -0.2) is 50.1 Å².